The average Bonchev–Trinajstić information content (AvgIpc) is 2.85. The van der Waals surface area contributed by atoms with Crippen LogP contribution in [0.15, 0.2) is 54.6 Å². The number of carbonyl (C=O) groups is 2. The lowest BCUT2D eigenvalue weighted by Crippen LogP contribution is -2.44. The molecule has 1 saturated heterocycles. The summed E-state index contributed by atoms with van der Waals surface area (Å²) in [4.78, 5) is 27.4. The van der Waals surface area contributed by atoms with E-state index in [2.05, 4.69) is 39.8 Å². The minimum absolute atomic E-state index is 0.00991. The van der Waals surface area contributed by atoms with Gasteiger partial charge in [-0.2, -0.15) is 0 Å². The molecule has 1 heterocycles. The van der Waals surface area contributed by atoms with Gasteiger partial charge in [0.15, 0.2) is 0 Å². The summed E-state index contributed by atoms with van der Waals surface area (Å²) >= 11 is 0. The summed E-state index contributed by atoms with van der Waals surface area (Å²) < 4.78 is 0. The first-order valence-electron chi connectivity index (χ1n) is 12.1. The first kappa shape index (κ1) is 22.5. The van der Waals surface area contributed by atoms with E-state index in [1.807, 2.05) is 30.3 Å². The maximum atomic E-state index is 12.7. The molecule has 1 aliphatic heterocycles. The molecule has 170 valence electrons. The maximum absolute atomic E-state index is 12.7. The van der Waals surface area contributed by atoms with Gasteiger partial charge in [-0.3, -0.25) is 14.5 Å². The third-order valence-electron chi connectivity index (χ3n) is 6.83. The van der Waals surface area contributed by atoms with Crippen molar-refractivity contribution in [3.05, 3.63) is 71.3 Å². The maximum Gasteiger partial charge on any atom is 0.251 e. The number of nitrogens with one attached hydrogen (secondary N) is 2. The minimum atomic E-state index is -0.00991. The summed E-state index contributed by atoms with van der Waals surface area (Å²) in [5, 5.41) is 6.26. The molecule has 5 heteroatoms. The van der Waals surface area contributed by atoms with Crippen molar-refractivity contribution in [1.29, 1.82) is 0 Å². The molecule has 0 radical (unpaired) electrons. The van der Waals surface area contributed by atoms with Crippen LogP contribution in [-0.2, 0) is 17.9 Å². The Kier molecular flexibility index (Phi) is 7.94. The van der Waals surface area contributed by atoms with E-state index >= 15 is 0 Å². The number of nitrogens with zero attached hydrogens (tertiary/aromatic N) is 1. The Morgan fingerprint density at radius 1 is 0.812 bits per heavy atom. The molecule has 0 atom stereocenters. The largest absolute Gasteiger partial charge is 0.352 e. The van der Waals surface area contributed by atoms with E-state index in [1.165, 1.54) is 12.0 Å². The van der Waals surface area contributed by atoms with Gasteiger partial charge in [-0.15, -0.1) is 0 Å². The van der Waals surface area contributed by atoms with Crippen LogP contribution in [0.1, 0.15) is 66.4 Å². The highest BCUT2D eigenvalue weighted by atomic mass is 16.2. The number of piperidine rings is 1. The Balaban J connectivity index is 1.19. The van der Waals surface area contributed by atoms with Crippen molar-refractivity contribution in [2.24, 2.45) is 5.92 Å². The van der Waals surface area contributed by atoms with Gasteiger partial charge < -0.3 is 10.6 Å². The van der Waals surface area contributed by atoms with E-state index in [1.54, 1.807) is 0 Å². The molecule has 0 spiro atoms. The lowest BCUT2D eigenvalue weighted by atomic mass is 9.88. The molecule has 4 rings (SSSR count). The zero-order valence-corrected chi connectivity index (χ0v) is 18.9. The molecule has 1 aliphatic carbocycles. The molecule has 0 unspecified atom stereocenters. The number of amides is 2. The molecule has 1 saturated carbocycles. The molecule has 2 N–H and O–H groups in total. The zero-order valence-electron chi connectivity index (χ0n) is 18.9. The smallest absolute Gasteiger partial charge is 0.251 e. The van der Waals surface area contributed by atoms with Crippen LogP contribution in [0.2, 0.25) is 0 Å². The van der Waals surface area contributed by atoms with Crippen LogP contribution in [0.5, 0.6) is 0 Å². The summed E-state index contributed by atoms with van der Waals surface area (Å²) in [6.07, 6.45) is 7.54. The topological polar surface area (TPSA) is 61.4 Å². The van der Waals surface area contributed by atoms with E-state index in [-0.39, 0.29) is 23.8 Å². The number of hydrogen-bond acceptors (Lipinski definition) is 3. The van der Waals surface area contributed by atoms with Crippen molar-refractivity contribution in [1.82, 2.24) is 15.5 Å². The van der Waals surface area contributed by atoms with Crippen molar-refractivity contribution < 1.29 is 9.59 Å². The summed E-state index contributed by atoms with van der Waals surface area (Å²) in [6.45, 7) is 3.50. The lowest BCUT2D eigenvalue weighted by Gasteiger charge is -2.32. The van der Waals surface area contributed by atoms with E-state index in [0.29, 0.717) is 12.1 Å². The molecule has 5 nitrogen and oxygen atoms in total. The Morgan fingerprint density at radius 2 is 1.50 bits per heavy atom. The molecule has 2 aromatic rings. The fourth-order valence-corrected chi connectivity index (χ4v) is 4.82. The fraction of sp³-hybridized carbons (Fsp3) is 0.481. The summed E-state index contributed by atoms with van der Waals surface area (Å²) in [5.74, 6) is 0.335. The van der Waals surface area contributed by atoms with Gasteiger partial charge in [-0.25, -0.2) is 0 Å². The Bertz CT molecular complexity index is 868. The van der Waals surface area contributed by atoms with Crippen LogP contribution in [0, 0.1) is 5.92 Å². The van der Waals surface area contributed by atoms with Crippen molar-refractivity contribution in [2.45, 2.75) is 64.1 Å². The van der Waals surface area contributed by atoms with Gasteiger partial charge in [0.1, 0.15) is 0 Å². The standard InChI is InChI=1S/C27H35N3O2/c31-26(23-9-5-2-6-10-23)28-19-21-11-13-24(14-12-21)27(32)29-25-15-17-30(18-16-25)20-22-7-3-1-4-8-22/h1,3-4,7-8,11-14,23,25H,2,5-6,9-10,15-20H2,(H,28,31)(H,29,32). The van der Waals surface area contributed by atoms with Crippen LogP contribution in [0.3, 0.4) is 0 Å². The van der Waals surface area contributed by atoms with Crippen LogP contribution in [0.25, 0.3) is 0 Å². The first-order valence-corrected chi connectivity index (χ1v) is 12.1. The van der Waals surface area contributed by atoms with Gasteiger partial charge in [0.05, 0.1) is 0 Å². The summed E-state index contributed by atoms with van der Waals surface area (Å²) in [5.41, 5.74) is 3.05. The Morgan fingerprint density at radius 3 is 2.19 bits per heavy atom. The number of benzene rings is 2. The molecule has 0 bridgehead atoms. The molecule has 2 amide bonds. The Hall–Kier alpha value is -2.66. The van der Waals surface area contributed by atoms with Crippen LogP contribution in [0.4, 0.5) is 0 Å². The second kappa shape index (κ2) is 11.3. The zero-order chi connectivity index (χ0) is 22.2. The normalized spacial score (nSPS) is 18.2. The Labute approximate surface area is 191 Å². The number of rotatable bonds is 7. The van der Waals surface area contributed by atoms with Gasteiger partial charge in [-0.1, -0.05) is 61.7 Å². The van der Waals surface area contributed by atoms with Gasteiger partial charge in [0.2, 0.25) is 5.91 Å². The number of carbonyl (C=O) groups excluding carboxylic acids is 2. The van der Waals surface area contributed by atoms with E-state index < -0.39 is 0 Å². The predicted octanol–water partition coefficient (Wildman–Crippen LogP) is 4.28. The molecular formula is C27H35N3O2. The highest BCUT2D eigenvalue weighted by Crippen LogP contribution is 2.23. The van der Waals surface area contributed by atoms with Crippen molar-refractivity contribution >= 4 is 11.8 Å². The van der Waals surface area contributed by atoms with Crippen molar-refractivity contribution in [3.63, 3.8) is 0 Å². The van der Waals surface area contributed by atoms with Crippen LogP contribution in [-0.4, -0.2) is 35.8 Å². The van der Waals surface area contributed by atoms with Gasteiger partial charge in [0.25, 0.3) is 5.91 Å². The third kappa shape index (κ3) is 6.42. The monoisotopic (exact) mass is 433 g/mol. The highest BCUT2D eigenvalue weighted by molar-refractivity contribution is 5.94. The van der Waals surface area contributed by atoms with Crippen LogP contribution < -0.4 is 10.6 Å². The first-order chi connectivity index (χ1) is 15.7. The quantitative estimate of drug-likeness (QED) is 0.685. The summed E-state index contributed by atoms with van der Waals surface area (Å²) in [7, 11) is 0. The van der Waals surface area contributed by atoms with E-state index in [9.17, 15) is 9.59 Å². The van der Waals surface area contributed by atoms with Crippen LogP contribution >= 0.6 is 0 Å². The molecular weight excluding hydrogens is 398 g/mol. The van der Waals surface area contributed by atoms with Crippen molar-refractivity contribution in [3.8, 4) is 0 Å². The summed E-state index contributed by atoms with van der Waals surface area (Å²) in [6, 6.07) is 18.4. The SMILES string of the molecule is O=C(NC1CCN(Cc2ccccc2)CC1)c1ccc(CNC(=O)C2CCCCC2)cc1. The number of likely N-dealkylation sites (tertiary alicyclic amines) is 1. The second-order valence-corrected chi connectivity index (χ2v) is 9.26. The predicted molar refractivity (Wildman–Crippen MR) is 127 cm³/mol. The molecule has 0 aromatic heterocycles. The van der Waals surface area contributed by atoms with Crippen molar-refractivity contribution in [2.75, 3.05) is 13.1 Å². The minimum Gasteiger partial charge on any atom is -0.352 e. The van der Waals surface area contributed by atoms with Gasteiger partial charge in [0, 0.05) is 43.7 Å². The van der Waals surface area contributed by atoms with Gasteiger partial charge >= 0.3 is 0 Å². The lowest BCUT2D eigenvalue weighted by molar-refractivity contribution is -0.126. The van der Waals surface area contributed by atoms with E-state index in [4.69, 9.17) is 0 Å². The van der Waals surface area contributed by atoms with E-state index in [0.717, 1.165) is 63.7 Å². The fourth-order valence-electron chi connectivity index (χ4n) is 4.82. The molecule has 32 heavy (non-hydrogen) atoms. The molecule has 2 aromatic carbocycles. The highest BCUT2D eigenvalue weighted by Gasteiger charge is 2.22. The number of hydrogen-bond donors (Lipinski definition) is 2. The van der Waals surface area contributed by atoms with Gasteiger partial charge in [-0.05, 0) is 48.9 Å². The molecule has 2 aliphatic rings. The molecule has 2 fully saturated rings. The average molecular weight is 434 g/mol. The second-order valence-electron chi connectivity index (χ2n) is 9.26. The third-order valence-corrected chi connectivity index (χ3v) is 6.83.